The highest BCUT2D eigenvalue weighted by Crippen LogP contribution is 2.26. The van der Waals surface area contributed by atoms with Crippen LogP contribution in [0.25, 0.3) is 0 Å². The molecule has 26 heavy (non-hydrogen) atoms. The molecular weight excluding hydrogens is 378 g/mol. The fourth-order valence-corrected chi connectivity index (χ4v) is 3.57. The molecule has 0 saturated heterocycles. The molecule has 0 spiro atoms. The van der Waals surface area contributed by atoms with Crippen LogP contribution in [0.4, 0.5) is 19.6 Å². The second-order valence-electron chi connectivity index (χ2n) is 5.17. The van der Waals surface area contributed by atoms with E-state index in [4.69, 9.17) is 0 Å². The number of nitrogens with one attached hydrogen (secondary N) is 2. The molecule has 0 fully saturated rings. The maximum Gasteiger partial charge on any atom is 0.234 e. The highest BCUT2D eigenvalue weighted by atomic mass is 32.2. The Morgan fingerprint density at radius 3 is 2.73 bits per heavy atom. The van der Waals surface area contributed by atoms with E-state index in [1.54, 1.807) is 0 Å². The summed E-state index contributed by atoms with van der Waals surface area (Å²) in [7, 11) is 0. The number of carbonyl (C=O) groups is 1. The maximum absolute atomic E-state index is 13.5. The summed E-state index contributed by atoms with van der Waals surface area (Å²) in [6.07, 6.45) is 0. The first-order valence-corrected chi connectivity index (χ1v) is 9.39. The summed E-state index contributed by atoms with van der Waals surface area (Å²) < 4.78 is 27.2. The summed E-state index contributed by atoms with van der Waals surface area (Å²) in [5.41, 5.74) is 0.937. The zero-order chi connectivity index (χ0) is 18.4. The average Bonchev–Trinajstić information content (AvgIpc) is 3.10. The first-order chi connectivity index (χ1) is 12.6. The number of halogens is 2. The molecule has 3 rings (SSSR count). The number of hydrogen-bond acceptors (Lipinski definition) is 6. The normalized spacial score (nSPS) is 10.5. The van der Waals surface area contributed by atoms with Crippen molar-refractivity contribution in [3.05, 3.63) is 65.7 Å². The molecule has 0 bridgehead atoms. The van der Waals surface area contributed by atoms with Crippen LogP contribution in [0.2, 0.25) is 0 Å². The van der Waals surface area contributed by atoms with Gasteiger partial charge in [-0.15, -0.1) is 10.2 Å². The first kappa shape index (κ1) is 18.3. The monoisotopic (exact) mass is 392 g/mol. The van der Waals surface area contributed by atoms with E-state index in [0.717, 1.165) is 23.8 Å². The number of thioether (sulfide) groups is 1. The average molecular weight is 392 g/mol. The van der Waals surface area contributed by atoms with Crippen molar-refractivity contribution in [1.82, 2.24) is 10.2 Å². The Morgan fingerprint density at radius 2 is 1.92 bits per heavy atom. The number of aromatic nitrogens is 2. The third-order valence-electron chi connectivity index (χ3n) is 3.22. The molecule has 3 aromatic rings. The molecule has 1 amide bonds. The minimum absolute atomic E-state index is 0.0171. The van der Waals surface area contributed by atoms with E-state index in [2.05, 4.69) is 20.8 Å². The summed E-state index contributed by atoms with van der Waals surface area (Å²) in [5, 5.41) is 14.2. The molecule has 134 valence electrons. The van der Waals surface area contributed by atoms with Crippen LogP contribution in [0.15, 0.2) is 52.9 Å². The van der Waals surface area contributed by atoms with Gasteiger partial charge in [-0.2, -0.15) is 0 Å². The Hall–Kier alpha value is -2.52. The van der Waals surface area contributed by atoms with E-state index in [-0.39, 0.29) is 11.4 Å². The molecule has 2 N–H and O–H groups in total. The SMILES string of the molecule is O=C(CSc1nnc(NCc2ccccc2)s1)Nc1cc(F)ccc1F. The quantitative estimate of drug-likeness (QED) is 0.591. The number of benzene rings is 2. The number of nitrogens with zero attached hydrogens (tertiary/aromatic N) is 2. The molecule has 1 aromatic heterocycles. The lowest BCUT2D eigenvalue weighted by atomic mass is 10.2. The predicted molar refractivity (Wildman–Crippen MR) is 99.4 cm³/mol. The van der Waals surface area contributed by atoms with Gasteiger partial charge in [0.1, 0.15) is 11.6 Å². The van der Waals surface area contributed by atoms with E-state index in [0.29, 0.717) is 16.0 Å². The Balaban J connectivity index is 1.48. The van der Waals surface area contributed by atoms with Gasteiger partial charge in [-0.1, -0.05) is 53.4 Å². The standard InChI is InChI=1S/C17H14F2N4OS2/c18-12-6-7-13(19)14(8-12)21-15(24)10-25-17-23-22-16(26-17)20-9-11-4-2-1-3-5-11/h1-8H,9-10H2,(H,20,22)(H,21,24). The lowest BCUT2D eigenvalue weighted by molar-refractivity contribution is -0.113. The second-order valence-corrected chi connectivity index (χ2v) is 7.37. The van der Waals surface area contributed by atoms with E-state index in [1.807, 2.05) is 30.3 Å². The van der Waals surface area contributed by atoms with Crippen molar-refractivity contribution in [1.29, 1.82) is 0 Å². The van der Waals surface area contributed by atoms with Crippen molar-refractivity contribution in [3.63, 3.8) is 0 Å². The highest BCUT2D eigenvalue weighted by Gasteiger charge is 2.11. The van der Waals surface area contributed by atoms with Crippen molar-refractivity contribution >= 4 is 39.8 Å². The molecule has 0 aliphatic heterocycles. The van der Waals surface area contributed by atoms with Gasteiger partial charge in [-0.3, -0.25) is 4.79 Å². The topological polar surface area (TPSA) is 66.9 Å². The second kappa shape index (κ2) is 8.72. The Morgan fingerprint density at radius 1 is 1.12 bits per heavy atom. The van der Waals surface area contributed by atoms with Gasteiger partial charge < -0.3 is 10.6 Å². The first-order valence-electron chi connectivity index (χ1n) is 7.59. The largest absolute Gasteiger partial charge is 0.356 e. The van der Waals surface area contributed by atoms with Crippen molar-refractivity contribution in [2.24, 2.45) is 0 Å². The third kappa shape index (κ3) is 5.24. The van der Waals surface area contributed by atoms with E-state index < -0.39 is 17.5 Å². The van der Waals surface area contributed by atoms with E-state index >= 15 is 0 Å². The molecule has 0 radical (unpaired) electrons. The van der Waals surface area contributed by atoms with Crippen molar-refractivity contribution in [3.8, 4) is 0 Å². The molecule has 5 nitrogen and oxygen atoms in total. The number of rotatable bonds is 7. The number of amides is 1. The van der Waals surface area contributed by atoms with E-state index in [1.165, 1.54) is 23.1 Å². The Labute approximate surface area is 156 Å². The third-order valence-corrected chi connectivity index (χ3v) is 5.24. The zero-order valence-electron chi connectivity index (χ0n) is 13.4. The predicted octanol–water partition coefficient (Wildman–Crippen LogP) is 4.16. The summed E-state index contributed by atoms with van der Waals surface area (Å²) in [6.45, 7) is 0.624. The van der Waals surface area contributed by atoms with Gasteiger partial charge in [-0.05, 0) is 17.7 Å². The lowest BCUT2D eigenvalue weighted by Gasteiger charge is -2.05. The van der Waals surface area contributed by atoms with Gasteiger partial charge in [-0.25, -0.2) is 8.78 Å². The maximum atomic E-state index is 13.5. The van der Waals surface area contributed by atoms with Gasteiger partial charge in [0.15, 0.2) is 4.34 Å². The van der Waals surface area contributed by atoms with Gasteiger partial charge in [0, 0.05) is 12.6 Å². The fraction of sp³-hybridized carbons (Fsp3) is 0.118. The van der Waals surface area contributed by atoms with Gasteiger partial charge in [0.25, 0.3) is 0 Å². The minimum Gasteiger partial charge on any atom is -0.356 e. The molecule has 1 heterocycles. The summed E-state index contributed by atoms with van der Waals surface area (Å²) >= 11 is 2.50. The van der Waals surface area contributed by atoms with Gasteiger partial charge >= 0.3 is 0 Å². The minimum atomic E-state index is -0.687. The molecule has 0 aliphatic rings. The van der Waals surface area contributed by atoms with Crippen molar-refractivity contribution < 1.29 is 13.6 Å². The molecule has 0 atom stereocenters. The van der Waals surface area contributed by atoms with Crippen LogP contribution in [0, 0.1) is 11.6 Å². The van der Waals surface area contributed by atoms with Crippen molar-refractivity contribution in [2.45, 2.75) is 10.9 Å². The molecule has 0 unspecified atom stereocenters. The Bertz CT molecular complexity index is 889. The molecule has 9 heteroatoms. The molecular formula is C17H14F2N4OS2. The van der Waals surface area contributed by atoms with Crippen LogP contribution < -0.4 is 10.6 Å². The lowest BCUT2D eigenvalue weighted by Crippen LogP contribution is -2.15. The smallest absolute Gasteiger partial charge is 0.234 e. The summed E-state index contributed by atoms with van der Waals surface area (Å²) in [6, 6.07) is 12.8. The molecule has 0 aliphatic carbocycles. The molecule has 2 aromatic carbocycles. The fourth-order valence-electron chi connectivity index (χ4n) is 2.02. The van der Waals surface area contributed by atoms with Crippen LogP contribution in [0.5, 0.6) is 0 Å². The van der Waals surface area contributed by atoms with Crippen LogP contribution in [-0.4, -0.2) is 21.9 Å². The zero-order valence-corrected chi connectivity index (χ0v) is 15.0. The summed E-state index contributed by atoms with van der Waals surface area (Å²) in [5.74, 6) is -1.74. The Kier molecular flexibility index (Phi) is 6.13. The van der Waals surface area contributed by atoms with Crippen LogP contribution >= 0.6 is 23.1 Å². The highest BCUT2D eigenvalue weighted by molar-refractivity contribution is 8.01. The molecule has 0 saturated carbocycles. The van der Waals surface area contributed by atoms with Crippen molar-refractivity contribution in [2.75, 3.05) is 16.4 Å². The van der Waals surface area contributed by atoms with Crippen LogP contribution in [-0.2, 0) is 11.3 Å². The van der Waals surface area contributed by atoms with Gasteiger partial charge in [0.05, 0.1) is 11.4 Å². The van der Waals surface area contributed by atoms with E-state index in [9.17, 15) is 13.6 Å². The van der Waals surface area contributed by atoms with Crippen LogP contribution in [0.1, 0.15) is 5.56 Å². The van der Waals surface area contributed by atoms with Gasteiger partial charge in [0.2, 0.25) is 11.0 Å². The number of carbonyl (C=O) groups excluding carboxylic acids is 1. The number of hydrogen-bond donors (Lipinski definition) is 2. The summed E-state index contributed by atoms with van der Waals surface area (Å²) in [4.78, 5) is 11.9. The number of anilines is 2. The van der Waals surface area contributed by atoms with Crippen LogP contribution in [0.3, 0.4) is 0 Å².